The molecule has 0 aliphatic carbocycles. The number of hydrogen-bond donors (Lipinski definition) is 1. The minimum Gasteiger partial charge on any atom is -0.476 e. The molecule has 2 aromatic heterocycles. The lowest BCUT2D eigenvalue weighted by Crippen LogP contribution is -2.07. The third-order valence-corrected chi connectivity index (χ3v) is 3.45. The zero-order valence-corrected chi connectivity index (χ0v) is 10.8. The number of ether oxygens (including phenoxy) is 1. The first-order valence-corrected chi connectivity index (χ1v) is 6.57. The van der Waals surface area contributed by atoms with Crippen molar-refractivity contribution in [2.45, 2.75) is 19.9 Å². The van der Waals surface area contributed by atoms with Gasteiger partial charge in [0.2, 0.25) is 5.88 Å². The first kappa shape index (κ1) is 11.9. The second kappa shape index (κ2) is 5.68. The predicted molar refractivity (Wildman–Crippen MR) is 71.8 cm³/mol. The zero-order valence-electron chi connectivity index (χ0n) is 10.0. The summed E-state index contributed by atoms with van der Waals surface area (Å²) in [5.74, 6) is 0.665. The van der Waals surface area contributed by atoms with Gasteiger partial charge in [-0.25, -0.2) is 4.98 Å². The average Bonchev–Trinajstić information content (AvgIpc) is 2.85. The van der Waals surface area contributed by atoms with Gasteiger partial charge in [-0.15, -0.1) is 11.3 Å². The summed E-state index contributed by atoms with van der Waals surface area (Å²) in [6.07, 6.45) is 1.74. The number of aromatic nitrogens is 1. The fourth-order valence-corrected chi connectivity index (χ4v) is 2.33. The molecule has 1 atom stereocenters. The standard InChI is InChI=1S/C13H16N2OS/c1-3-16-13-11(6-4-8-14-13)15-10(2)12-7-5-9-17-12/h4-10,15H,3H2,1-2H3. The third kappa shape index (κ3) is 2.97. The van der Waals surface area contributed by atoms with Crippen molar-refractivity contribution in [1.82, 2.24) is 4.98 Å². The van der Waals surface area contributed by atoms with E-state index < -0.39 is 0 Å². The highest BCUT2D eigenvalue weighted by atomic mass is 32.1. The van der Waals surface area contributed by atoms with Gasteiger partial charge in [-0.2, -0.15) is 0 Å². The van der Waals surface area contributed by atoms with Crippen molar-refractivity contribution >= 4 is 17.0 Å². The highest BCUT2D eigenvalue weighted by Crippen LogP contribution is 2.27. The van der Waals surface area contributed by atoms with Gasteiger partial charge in [0.05, 0.1) is 18.3 Å². The summed E-state index contributed by atoms with van der Waals surface area (Å²) < 4.78 is 5.49. The number of hydrogen-bond acceptors (Lipinski definition) is 4. The van der Waals surface area contributed by atoms with Gasteiger partial charge in [0.15, 0.2) is 0 Å². The van der Waals surface area contributed by atoms with Crippen LogP contribution in [0.1, 0.15) is 24.8 Å². The normalized spacial score (nSPS) is 12.1. The maximum atomic E-state index is 5.49. The first-order valence-electron chi connectivity index (χ1n) is 5.69. The van der Waals surface area contributed by atoms with Gasteiger partial charge < -0.3 is 10.1 Å². The Bertz CT molecular complexity index is 456. The van der Waals surface area contributed by atoms with Crippen LogP contribution >= 0.6 is 11.3 Å². The summed E-state index contributed by atoms with van der Waals surface area (Å²) in [5, 5.41) is 5.50. The fraction of sp³-hybridized carbons (Fsp3) is 0.308. The molecule has 4 heteroatoms. The van der Waals surface area contributed by atoms with Crippen LogP contribution in [-0.2, 0) is 0 Å². The summed E-state index contributed by atoms with van der Waals surface area (Å²) in [5.41, 5.74) is 0.940. The molecule has 2 heterocycles. The van der Waals surface area contributed by atoms with Crippen LogP contribution in [0.25, 0.3) is 0 Å². The van der Waals surface area contributed by atoms with Crippen LogP contribution in [0.5, 0.6) is 5.88 Å². The lowest BCUT2D eigenvalue weighted by molar-refractivity contribution is 0.328. The lowest BCUT2D eigenvalue weighted by atomic mass is 10.2. The number of nitrogens with zero attached hydrogens (tertiary/aromatic N) is 1. The summed E-state index contributed by atoms with van der Waals surface area (Å²) in [6.45, 7) is 4.72. The molecule has 0 radical (unpaired) electrons. The molecule has 0 fully saturated rings. The Hall–Kier alpha value is -1.55. The van der Waals surface area contributed by atoms with Gasteiger partial charge in [-0.3, -0.25) is 0 Å². The van der Waals surface area contributed by atoms with Crippen LogP contribution in [0.4, 0.5) is 5.69 Å². The summed E-state index contributed by atoms with van der Waals surface area (Å²) >= 11 is 1.75. The van der Waals surface area contributed by atoms with Crippen LogP contribution in [0.15, 0.2) is 35.8 Å². The molecule has 0 aromatic carbocycles. The highest BCUT2D eigenvalue weighted by Gasteiger charge is 2.10. The second-order valence-electron chi connectivity index (χ2n) is 3.67. The topological polar surface area (TPSA) is 34.1 Å². The van der Waals surface area contributed by atoms with Gasteiger partial charge in [-0.05, 0) is 37.4 Å². The number of pyridine rings is 1. The van der Waals surface area contributed by atoms with Gasteiger partial charge in [0.25, 0.3) is 0 Å². The van der Waals surface area contributed by atoms with Crippen LogP contribution < -0.4 is 10.1 Å². The van der Waals surface area contributed by atoms with Crippen molar-refractivity contribution in [3.8, 4) is 5.88 Å². The lowest BCUT2D eigenvalue weighted by Gasteiger charge is -2.16. The molecule has 0 aliphatic rings. The van der Waals surface area contributed by atoms with Crippen molar-refractivity contribution in [3.05, 3.63) is 40.7 Å². The van der Waals surface area contributed by atoms with Gasteiger partial charge in [-0.1, -0.05) is 6.07 Å². The van der Waals surface area contributed by atoms with E-state index in [4.69, 9.17) is 4.74 Å². The van der Waals surface area contributed by atoms with Crippen molar-refractivity contribution < 1.29 is 4.74 Å². The fourth-order valence-electron chi connectivity index (χ4n) is 1.59. The Morgan fingerprint density at radius 2 is 2.29 bits per heavy atom. The molecular weight excluding hydrogens is 232 g/mol. The Balaban J connectivity index is 2.12. The minimum absolute atomic E-state index is 0.262. The molecule has 2 rings (SSSR count). The summed E-state index contributed by atoms with van der Waals surface area (Å²) in [7, 11) is 0. The average molecular weight is 248 g/mol. The maximum absolute atomic E-state index is 5.49. The molecule has 0 bridgehead atoms. The number of thiophene rings is 1. The number of rotatable bonds is 5. The molecular formula is C13H16N2OS. The van der Waals surface area contributed by atoms with Crippen LogP contribution in [0.2, 0.25) is 0 Å². The molecule has 0 saturated carbocycles. The molecule has 0 aliphatic heterocycles. The van der Waals surface area contributed by atoms with E-state index in [0.29, 0.717) is 12.5 Å². The third-order valence-electron chi connectivity index (χ3n) is 2.39. The van der Waals surface area contributed by atoms with Crippen molar-refractivity contribution in [1.29, 1.82) is 0 Å². The van der Waals surface area contributed by atoms with Crippen LogP contribution in [0, 0.1) is 0 Å². The minimum atomic E-state index is 0.262. The maximum Gasteiger partial charge on any atom is 0.237 e. The Labute approximate surface area is 105 Å². The Morgan fingerprint density at radius 1 is 1.41 bits per heavy atom. The van der Waals surface area contributed by atoms with E-state index in [2.05, 4.69) is 34.7 Å². The Morgan fingerprint density at radius 3 is 3.00 bits per heavy atom. The van der Waals surface area contributed by atoms with Gasteiger partial charge in [0.1, 0.15) is 0 Å². The molecule has 1 unspecified atom stereocenters. The molecule has 17 heavy (non-hydrogen) atoms. The monoisotopic (exact) mass is 248 g/mol. The van der Waals surface area contributed by atoms with Gasteiger partial charge in [0, 0.05) is 11.1 Å². The molecule has 0 amide bonds. The van der Waals surface area contributed by atoms with Crippen LogP contribution in [0.3, 0.4) is 0 Å². The van der Waals surface area contributed by atoms with Crippen molar-refractivity contribution in [3.63, 3.8) is 0 Å². The quantitative estimate of drug-likeness (QED) is 0.875. The van der Waals surface area contributed by atoms with E-state index in [0.717, 1.165) is 5.69 Å². The predicted octanol–water partition coefficient (Wildman–Crippen LogP) is 3.71. The zero-order chi connectivity index (χ0) is 12.1. The molecule has 1 N–H and O–H groups in total. The Kier molecular flexibility index (Phi) is 3.98. The van der Waals surface area contributed by atoms with Crippen LogP contribution in [-0.4, -0.2) is 11.6 Å². The van der Waals surface area contributed by atoms with E-state index in [-0.39, 0.29) is 6.04 Å². The molecule has 2 aromatic rings. The van der Waals surface area contributed by atoms with E-state index in [9.17, 15) is 0 Å². The first-order chi connectivity index (χ1) is 8.31. The van der Waals surface area contributed by atoms with E-state index in [1.807, 2.05) is 19.1 Å². The highest BCUT2D eigenvalue weighted by molar-refractivity contribution is 7.10. The molecule has 0 saturated heterocycles. The van der Waals surface area contributed by atoms with E-state index >= 15 is 0 Å². The van der Waals surface area contributed by atoms with Crippen molar-refractivity contribution in [2.24, 2.45) is 0 Å². The molecule has 0 spiro atoms. The van der Waals surface area contributed by atoms with E-state index in [1.54, 1.807) is 17.5 Å². The smallest absolute Gasteiger partial charge is 0.237 e. The summed E-state index contributed by atoms with van der Waals surface area (Å²) in [4.78, 5) is 5.52. The molecule has 3 nitrogen and oxygen atoms in total. The SMILES string of the molecule is CCOc1ncccc1NC(C)c1cccs1. The van der Waals surface area contributed by atoms with E-state index in [1.165, 1.54) is 4.88 Å². The number of nitrogens with one attached hydrogen (secondary N) is 1. The second-order valence-corrected chi connectivity index (χ2v) is 4.65. The largest absolute Gasteiger partial charge is 0.476 e. The molecule has 90 valence electrons. The van der Waals surface area contributed by atoms with Crippen molar-refractivity contribution in [2.75, 3.05) is 11.9 Å². The number of anilines is 1. The summed E-state index contributed by atoms with van der Waals surface area (Å²) in [6, 6.07) is 8.34. The van der Waals surface area contributed by atoms with Gasteiger partial charge >= 0.3 is 0 Å².